The predicted octanol–water partition coefficient (Wildman–Crippen LogP) is 2.54. The highest BCUT2D eigenvalue weighted by Crippen LogP contribution is 2.24. The maximum Gasteiger partial charge on any atom is 0.374 e. The molecule has 0 aliphatic heterocycles. The van der Waals surface area contributed by atoms with Gasteiger partial charge in [-0.2, -0.15) is 0 Å². The first-order valence-electron chi connectivity index (χ1n) is 10.3. The minimum atomic E-state index is -0.763. The zero-order valence-electron chi connectivity index (χ0n) is 18.1. The topological polar surface area (TPSA) is 121 Å². The van der Waals surface area contributed by atoms with Gasteiger partial charge in [-0.25, -0.2) is 15.2 Å². The van der Waals surface area contributed by atoms with Gasteiger partial charge < -0.3 is 24.1 Å². The molecule has 1 aromatic heterocycles. The first kappa shape index (κ1) is 24.1. The van der Waals surface area contributed by atoms with E-state index in [1.165, 1.54) is 18.0 Å². The van der Waals surface area contributed by atoms with Crippen LogP contribution in [0.4, 0.5) is 5.69 Å². The zero-order valence-corrected chi connectivity index (χ0v) is 18.1. The lowest BCUT2D eigenvalue weighted by molar-refractivity contribution is -0.117. The number of benzene rings is 2. The number of aliphatic hydroxyl groups is 2. The molecule has 3 N–H and O–H groups in total. The third kappa shape index (κ3) is 6.74. The third-order valence-corrected chi connectivity index (χ3v) is 4.65. The van der Waals surface area contributed by atoms with Gasteiger partial charge in [0.05, 0.1) is 12.3 Å². The lowest BCUT2D eigenvalue weighted by atomic mass is 10.0. The number of hydrogen-bond acceptors (Lipinski definition) is 8. The molecule has 0 saturated carbocycles. The van der Waals surface area contributed by atoms with Gasteiger partial charge in [-0.3, -0.25) is 4.79 Å². The molecular weight excluding hydrogens is 428 g/mol. The Morgan fingerprint density at radius 2 is 1.73 bits per heavy atom. The highest BCUT2D eigenvalue weighted by atomic mass is 16.6. The molecule has 1 heterocycles. The monoisotopic (exact) mass is 454 g/mol. The number of anilines is 1. The van der Waals surface area contributed by atoms with E-state index in [1.807, 2.05) is 30.3 Å². The van der Waals surface area contributed by atoms with Gasteiger partial charge in [-0.1, -0.05) is 42.5 Å². The normalized spacial score (nSPS) is 11.7. The number of ether oxygens (including phenoxy) is 2. The second-order valence-electron chi connectivity index (χ2n) is 7.04. The summed E-state index contributed by atoms with van der Waals surface area (Å²) in [7, 11) is 0. The number of carbonyl (C=O) groups is 2. The molecule has 33 heavy (non-hydrogen) atoms. The molecule has 174 valence electrons. The molecule has 0 aliphatic rings. The van der Waals surface area contributed by atoms with Crippen molar-refractivity contribution in [3.8, 4) is 0 Å². The summed E-state index contributed by atoms with van der Waals surface area (Å²) in [6.07, 6.45) is -0.763. The lowest BCUT2D eigenvalue weighted by Crippen LogP contribution is -2.42. The minimum Gasteiger partial charge on any atom is -0.457 e. The summed E-state index contributed by atoms with van der Waals surface area (Å²) >= 11 is 0. The van der Waals surface area contributed by atoms with Gasteiger partial charge in [0.25, 0.3) is 0 Å². The van der Waals surface area contributed by atoms with Crippen LogP contribution in [0.1, 0.15) is 40.5 Å². The second-order valence-corrected chi connectivity index (χ2v) is 7.04. The van der Waals surface area contributed by atoms with E-state index in [1.54, 1.807) is 30.3 Å². The number of esters is 1. The summed E-state index contributed by atoms with van der Waals surface area (Å²) in [6, 6.07) is 19.3. The van der Waals surface area contributed by atoms with Crippen LogP contribution in [0.25, 0.3) is 0 Å². The maximum absolute atomic E-state index is 12.1. The summed E-state index contributed by atoms with van der Waals surface area (Å²) in [5, 5.41) is 20.5. The number of furan rings is 1. The van der Waals surface area contributed by atoms with Crippen molar-refractivity contribution in [2.75, 3.05) is 25.0 Å². The first-order chi connectivity index (χ1) is 16.0. The van der Waals surface area contributed by atoms with E-state index in [9.17, 15) is 14.7 Å². The van der Waals surface area contributed by atoms with Crippen LogP contribution in [0.2, 0.25) is 0 Å². The average Bonchev–Trinajstić information content (AvgIpc) is 3.31. The summed E-state index contributed by atoms with van der Waals surface area (Å²) < 4.78 is 15.6. The molecule has 0 saturated heterocycles. The third-order valence-electron chi connectivity index (χ3n) is 4.65. The molecule has 0 aliphatic carbocycles. The largest absolute Gasteiger partial charge is 0.457 e. The Morgan fingerprint density at radius 3 is 2.39 bits per heavy atom. The minimum absolute atomic E-state index is 0.00103. The molecule has 3 rings (SSSR count). The predicted molar refractivity (Wildman–Crippen MR) is 119 cm³/mol. The Balaban J connectivity index is 1.52. The number of rotatable bonds is 11. The highest BCUT2D eigenvalue weighted by molar-refractivity contribution is 5.90. The van der Waals surface area contributed by atoms with Crippen LogP contribution in [0, 0.1) is 0 Å². The molecule has 0 radical (unpaired) electrons. The number of nitrogens with zero attached hydrogens (tertiary/aromatic N) is 1. The van der Waals surface area contributed by atoms with E-state index in [-0.39, 0.29) is 38.2 Å². The van der Waals surface area contributed by atoms with E-state index in [2.05, 4.69) is 5.43 Å². The molecule has 0 bridgehead atoms. The number of aliphatic hydroxyl groups excluding tert-OH is 2. The molecule has 1 unspecified atom stereocenters. The van der Waals surface area contributed by atoms with Gasteiger partial charge in [0.2, 0.25) is 11.7 Å². The fourth-order valence-corrected chi connectivity index (χ4v) is 3.05. The Labute approximate surface area is 191 Å². The molecular formula is C24H26N2O7. The van der Waals surface area contributed by atoms with Crippen LogP contribution in [0.3, 0.4) is 0 Å². The van der Waals surface area contributed by atoms with Crippen molar-refractivity contribution in [2.24, 2.45) is 0 Å². The summed E-state index contributed by atoms with van der Waals surface area (Å²) in [5.41, 5.74) is 4.95. The van der Waals surface area contributed by atoms with Crippen LogP contribution in [0.15, 0.2) is 71.1 Å². The lowest BCUT2D eigenvalue weighted by Gasteiger charge is -2.22. The van der Waals surface area contributed by atoms with Gasteiger partial charge in [-0.05, 0) is 35.4 Å². The SMILES string of the molecule is CC(=O)N(NCOCc1ccc(C(=O)OCCO)o1)c1ccc(C(O)c2ccccc2)cc1. The average molecular weight is 454 g/mol. The summed E-state index contributed by atoms with van der Waals surface area (Å²) in [5.74, 6) is -0.501. The van der Waals surface area contributed by atoms with Crippen LogP contribution in [-0.4, -0.2) is 42.0 Å². The van der Waals surface area contributed by atoms with Crippen LogP contribution < -0.4 is 10.4 Å². The summed E-state index contributed by atoms with van der Waals surface area (Å²) in [6.45, 7) is 1.10. The maximum atomic E-state index is 12.1. The van der Waals surface area contributed by atoms with Crippen molar-refractivity contribution in [1.29, 1.82) is 0 Å². The fourth-order valence-electron chi connectivity index (χ4n) is 3.05. The standard InChI is InChI=1S/C24H26N2O7/c1-17(28)26(20-9-7-19(8-10-20)23(29)18-5-3-2-4-6-18)25-16-31-15-21-11-12-22(33-21)24(30)32-14-13-27/h2-12,23,25,27,29H,13-16H2,1H3. The molecule has 9 heteroatoms. The number of hydrazine groups is 1. The van der Waals surface area contributed by atoms with Gasteiger partial charge in [0.15, 0.2) is 0 Å². The fraction of sp³-hybridized carbons (Fsp3) is 0.250. The Bertz CT molecular complexity index is 1030. The van der Waals surface area contributed by atoms with E-state index < -0.39 is 12.1 Å². The van der Waals surface area contributed by atoms with Crippen molar-refractivity contribution in [2.45, 2.75) is 19.6 Å². The first-order valence-corrected chi connectivity index (χ1v) is 10.3. The molecule has 0 spiro atoms. The molecule has 2 aromatic carbocycles. The molecule has 9 nitrogen and oxygen atoms in total. The number of amides is 1. The van der Waals surface area contributed by atoms with Gasteiger partial charge >= 0.3 is 5.97 Å². The highest BCUT2D eigenvalue weighted by Gasteiger charge is 2.15. The van der Waals surface area contributed by atoms with Crippen LogP contribution in [0.5, 0.6) is 0 Å². The quantitative estimate of drug-likeness (QED) is 0.175. The Kier molecular flexibility index (Phi) is 8.73. The van der Waals surface area contributed by atoms with Crippen molar-refractivity contribution in [3.63, 3.8) is 0 Å². The molecule has 1 amide bonds. The molecule has 3 aromatic rings. The van der Waals surface area contributed by atoms with E-state index in [4.69, 9.17) is 19.0 Å². The smallest absolute Gasteiger partial charge is 0.374 e. The molecule has 0 fully saturated rings. The van der Waals surface area contributed by atoms with Crippen molar-refractivity contribution in [3.05, 3.63) is 89.4 Å². The van der Waals surface area contributed by atoms with Gasteiger partial charge in [-0.15, -0.1) is 0 Å². The summed E-state index contributed by atoms with van der Waals surface area (Å²) in [4.78, 5) is 23.8. The van der Waals surface area contributed by atoms with Crippen molar-refractivity contribution < 1.29 is 33.7 Å². The van der Waals surface area contributed by atoms with Crippen LogP contribution in [-0.2, 0) is 20.9 Å². The van der Waals surface area contributed by atoms with Crippen molar-refractivity contribution in [1.82, 2.24) is 5.43 Å². The number of nitrogens with one attached hydrogen (secondary N) is 1. The van der Waals surface area contributed by atoms with Gasteiger partial charge in [0, 0.05) is 6.92 Å². The van der Waals surface area contributed by atoms with E-state index >= 15 is 0 Å². The van der Waals surface area contributed by atoms with E-state index in [0.717, 1.165) is 5.56 Å². The van der Waals surface area contributed by atoms with Crippen LogP contribution >= 0.6 is 0 Å². The zero-order chi connectivity index (χ0) is 23.6. The number of carbonyl (C=O) groups excluding carboxylic acids is 2. The van der Waals surface area contributed by atoms with E-state index in [0.29, 0.717) is 17.0 Å². The van der Waals surface area contributed by atoms with Gasteiger partial charge in [0.1, 0.15) is 31.8 Å². The Morgan fingerprint density at radius 1 is 1.03 bits per heavy atom. The van der Waals surface area contributed by atoms with Crippen molar-refractivity contribution >= 4 is 17.6 Å². The molecule has 1 atom stereocenters. The Hall–Kier alpha value is -3.50. The second kappa shape index (κ2) is 11.9. The number of hydrogen-bond donors (Lipinski definition) is 3.